The predicted octanol–water partition coefficient (Wildman–Crippen LogP) is 5.64. The van der Waals surface area contributed by atoms with Crippen LogP contribution < -0.4 is 9.47 Å². The van der Waals surface area contributed by atoms with E-state index in [-0.39, 0.29) is 5.38 Å². The Morgan fingerprint density at radius 3 is 2.19 bits per heavy atom. The van der Waals surface area contributed by atoms with Gasteiger partial charge in [0.2, 0.25) is 0 Å². The van der Waals surface area contributed by atoms with Crippen molar-refractivity contribution in [3.63, 3.8) is 0 Å². The maximum atomic E-state index is 6.55. The average molecular weight is 390 g/mol. The largest absolute Gasteiger partial charge is 0.493 e. The van der Waals surface area contributed by atoms with Gasteiger partial charge in [0.05, 0.1) is 19.6 Å². The summed E-state index contributed by atoms with van der Waals surface area (Å²) in [4.78, 5) is 0. The summed E-state index contributed by atoms with van der Waals surface area (Å²) in [5.41, 5.74) is 2.09. The highest BCUT2D eigenvalue weighted by Gasteiger charge is 2.16. The maximum absolute atomic E-state index is 6.55. The first-order valence-electron chi connectivity index (χ1n) is 6.35. The summed E-state index contributed by atoms with van der Waals surface area (Å²) in [6, 6.07) is 11.5. The van der Waals surface area contributed by atoms with Gasteiger partial charge >= 0.3 is 0 Å². The monoisotopic (exact) mass is 388 g/mol. The predicted molar refractivity (Wildman–Crippen MR) is 91.0 cm³/mol. The Bertz CT molecular complexity index is 614. The third-order valence-corrected chi connectivity index (χ3v) is 4.50. The molecule has 0 heterocycles. The second kappa shape index (κ2) is 7.39. The van der Waals surface area contributed by atoms with Crippen LogP contribution in [0.3, 0.4) is 0 Å². The Morgan fingerprint density at radius 1 is 1.05 bits per heavy atom. The zero-order chi connectivity index (χ0) is 15.4. The molecule has 2 rings (SSSR count). The molecule has 0 saturated carbocycles. The molecule has 21 heavy (non-hydrogen) atoms. The van der Waals surface area contributed by atoms with Crippen molar-refractivity contribution in [2.24, 2.45) is 0 Å². The van der Waals surface area contributed by atoms with Crippen molar-refractivity contribution >= 4 is 39.1 Å². The Morgan fingerprint density at radius 2 is 1.62 bits per heavy atom. The van der Waals surface area contributed by atoms with Crippen molar-refractivity contribution in [3.05, 3.63) is 57.0 Å². The van der Waals surface area contributed by atoms with E-state index in [0.717, 1.165) is 20.6 Å². The summed E-state index contributed by atoms with van der Waals surface area (Å²) in [5.74, 6) is 1.33. The standard InChI is InChI=1S/C16H15BrCl2O2/c1-20-15-8-12(13(17)9-16(15)21-2)14(19)7-10-3-5-11(18)6-4-10/h3-6,8-9,14H,7H2,1-2H3. The van der Waals surface area contributed by atoms with Gasteiger partial charge in [-0.25, -0.2) is 0 Å². The normalized spacial score (nSPS) is 12.0. The lowest BCUT2D eigenvalue weighted by atomic mass is 10.0. The smallest absolute Gasteiger partial charge is 0.161 e. The molecular weight excluding hydrogens is 375 g/mol. The number of methoxy groups -OCH3 is 2. The molecule has 0 N–H and O–H groups in total. The molecule has 0 fully saturated rings. The van der Waals surface area contributed by atoms with E-state index in [2.05, 4.69) is 15.9 Å². The fourth-order valence-corrected chi connectivity index (χ4v) is 3.26. The van der Waals surface area contributed by atoms with Crippen molar-refractivity contribution < 1.29 is 9.47 Å². The van der Waals surface area contributed by atoms with Crippen LogP contribution in [0.15, 0.2) is 40.9 Å². The number of alkyl halides is 1. The van der Waals surface area contributed by atoms with E-state index in [1.165, 1.54) is 0 Å². The molecule has 5 heteroatoms. The first kappa shape index (κ1) is 16.5. The molecule has 2 aromatic carbocycles. The number of hydrogen-bond donors (Lipinski definition) is 0. The summed E-state index contributed by atoms with van der Waals surface area (Å²) in [7, 11) is 3.22. The minimum atomic E-state index is -0.180. The number of benzene rings is 2. The molecule has 0 saturated heterocycles. The zero-order valence-corrected chi connectivity index (χ0v) is 14.8. The molecular formula is C16H15BrCl2O2. The van der Waals surface area contributed by atoms with Gasteiger partial charge in [-0.15, -0.1) is 11.6 Å². The average Bonchev–Trinajstić information content (AvgIpc) is 2.49. The topological polar surface area (TPSA) is 18.5 Å². The van der Waals surface area contributed by atoms with Gasteiger partial charge in [0.25, 0.3) is 0 Å². The Balaban J connectivity index is 2.26. The molecule has 0 aliphatic rings. The molecule has 2 aromatic rings. The van der Waals surface area contributed by atoms with E-state index < -0.39 is 0 Å². The van der Waals surface area contributed by atoms with Crippen molar-refractivity contribution in [3.8, 4) is 11.5 Å². The molecule has 0 radical (unpaired) electrons. The highest BCUT2D eigenvalue weighted by Crippen LogP contribution is 2.39. The van der Waals surface area contributed by atoms with Gasteiger partial charge in [-0.1, -0.05) is 39.7 Å². The molecule has 2 nitrogen and oxygen atoms in total. The lowest BCUT2D eigenvalue weighted by molar-refractivity contribution is 0.354. The van der Waals surface area contributed by atoms with E-state index in [1.54, 1.807) is 14.2 Å². The maximum Gasteiger partial charge on any atom is 0.161 e. The van der Waals surface area contributed by atoms with Crippen LogP contribution in [0.2, 0.25) is 5.02 Å². The van der Waals surface area contributed by atoms with Crippen LogP contribution in [0, 0.1) is 0 Å². The fourth-order valence-electron chi connectivity index (χ4n) is 2.05. The van der Waals surface area contributed by atoms with Crippen molar-refractivity contribution in [1.82, 2.24) is 0 Å². The van der Waals surface area contributed by atoms with Gasteiger partial charge in [0.1, 0.15) is 0 Å². The lowest BCUT2D eigenvalue weighted by Gasteiger charge is -2.16. The Labute approximate surface area is 143 Å². The van der Waals surface area contributed by atoms with Crippen LogP contribution in [-0.2, 0) is 6.42 Å². The minimum absolute atomic E-state index is 0.180. The van der Waals surface area contributed by atoms with Crippen molar-refractivity contribution in [1.29, 1.82) is 0 Å². The van der Waals surface area contributed by atoms with Crippen LogP contribution >= 0.6 is 39.1 Å². The molecule has 112 valence electrons. The molecule has 1 unspecified atom stereocenters. The summed E-state index contributed by atoms with van der Waals surface area (Å²) in [6.45, 7) is 0. The van der Waals surface area contributed by atoms with Crippen LogP contribution in [0.5, 0.6) is 11.5 Å². The molecule has 0 bridgehead atoms. The van der Waals surface area contributed by atoms with Crippen LogP contribution in [0.4, 0.5) is 0 Å². The summed E-state index contributed by atoms with van der Waals surface area (Å²) < 4.78 is 11.5. The number of rotatable bonds is 5. The summed E-state index contributed by atoms with van der Waals surface area (Å²) >= 11 is 16.0. The van der Waals surface area contributed by atoms with Crippen LogP contribution in [-0.4, -0.2) is 14.2 Å². The van der Waals surface area contributed by atoms with Crippen molar-refractivity contribution in [2.45, 2.75) is 11.8 Å². The Hall–Kier alpha value is -0.900. The Kier molecular flexibility index (Phi) is 5.80. The quantitative estimate of drug-likeness (QED) is 0.615. The third-order valence-electron chi connectivity index (χ3n) is 3.17. The van der Waals surface area contributed by atoms with Gasteiger partial charge in [-0.2, -0.15) is 0 Å². The van der Waals surface area contributed by atoms with Gasteiger partial charge in [0, 0.05) is 9.50 Å². The molecule has 0 aliphatic heterocycles. The molecule has 0 aliphatic carbocycles. The summed E-state index contributed by atoms with van der Waals surface area (Å²) in [6.07, 6.45) is 0.701. The minimum Gasteiger partial charge on any atom is -0.493 e. The first-order valence-corrected chi connectivity index (χ1v) is 7.95. The second-order valence-electron chi connectivity index (χ2n) is 4.53. The molecule has 0 amide bonds. The highest BCUT2D eigenvalue weighted by molar-refractivity contribution is 9.10. The fraction of sp³-hybridized carbons (Fsp3) is 0.250. The van der Waals surface area contributed by atoms with Gasteiger partial charge in [0.15, 0.2) is 11.5 Å². The van der Waals surface area contributed by atoms with E-state index in [9.17, 15) is 0 Å². The SMILES string of the molecule is COc1cc(Br)c(C(Cl)Cc2ccc(Cl)cc2)cc1OC. The number of halogens is 3. The first-order chi connectivity index (χ1) is 10.0. The summed E-state index contributed by atoms with van der Waals surface area (Å²) in [5, 5.41) is 0.539. The van der Waals surface area contributed by atoms with Crippen LogP contribution in [0.1, 0.15) is 16.5 Å². The van der Waals surface area contributed by atoms with Gasteiger partial charge < -0.3 is 9.47 Å². The zero-order valence-electron chi connectivity index (χ0n) is 11.7. The second-order valence-corrected chi connectivity index (χ2v) is 6.34. The van der Waals surface area contributed by atoms with Gasteiger partial charge in [-0.05, 0) is 41.8 Å². The van der Waals surface area contributed by atoms with Crippen LogP contribution in [0.25, 0.3) is 0 Å². The van der Waals surface area contributed by atoms with E-state index in [4.69, 9.17) is 32.7 Å². The number of hydrogen-bond acceptors (Lipinski definition) is 2. The number of ether oxygens (including phenoxy) is 2. The molecule has 1 atom stereocenters. The third kappa shape index (κ3) is 4.06. The van der Waals surface area contributed by atoms with Crippen molar-refractivity contribution in [2.75, 3.05) is 14.2 Å². The molecule has 0 aromatic heterocycles. The lowest BCUT2D eigenvalue weighted by Crippen LogP contribution is -1.99. The molecule has 0 spiro atoms. The highest BCUT2D eigenvalue weighted by atomic mass is 79.9. The van der Waals surface area contributed by atoms with Gasteiger partial charge in [-0.3, -0.25) is 0 Å². The van der Waals surface area contributed by atoms with E-state index in [0.29, 0.717) is 17.9 Å². The van der Waals surface area contributed by atoms with E-state index in [1.807, 2.05) is 36.4 Å². The van der Waals surface area contributed by atoms with E-state index >= 15 is 0 Å².